The highest BCUT2D eigenvalue weighted by Crippen LogP contribution is 2.00. The zero-order chi connectivity index (χ0) is 9.40. The SMILES string of the molecule is C=CCCCNC(CO)C(C)C. The van der Waals surface area contributed by atoms with E-state index in [1.54, 1.807) is 0 Å². The average molecular weight is 171 g/mol. The molecule has 12 heavy (non-hydrogen) atoms. The monoisotopic (exact) mass is 171 g/mol. The van der Waals surface area contributed by atoms with Gasteiger partial charge in [-0.05, 0) is 25.3 Å². The molecule has 0 radical (unpaired) electrons. The number of aliphatic hydroxyl groups excluding tert-OH is 1. The lowest BCUT2D eigenvalue weighted by molar-refractivity contribution is 0.211. The van der Waals surface area contributed by atoms with Crippen LogP contribution >= 0.6 is 0 Å². The van der Waals surface area contributed by atoms with Gasteiger partial charge in [-0.15, -0.1) is 6.58 Å². The topological polar surface area (TPSA) is 32.3 Å². The van der Waals surface area contributed by atoms with Crippen molar-refractivity contribution in [1.29, 1.82) is 0 Å². The second-order valence-electron chi connectivity index (χ2n) is 3.42. The Balaban J connectivity index is 3.38. The zero-order valence-corrected chi connectivity index (χ0v) is 8.21. The van der Waals surface area contributed by atoms with Gasteiger partial charge in [-0.2, -0.15) is 0 Å². The first kappa shape index (κ1) is 11.7. The van der Waals surface area contributed by atoms with E-state index < -0.39 is 0 Å². The Morgan fingerprint density at radius 1 is 1.50 bits per heavy atom. The summed E-state index contributed by atoms with van der Waals surface area (Å²) in [5, 5.41) is 12.3. The van der Waals surface area contributed by atoms with Gasteiger partial charge < -0.3 is 10.4 Å². The molecule has 2 heteroatoms. The van der Waals surface area contributed by atoms with Crippen LogP contribution in [0.25, 0.3) is 0 Å². The molecule has 2 N–H and O–H groups in total. The molecule has 0 spiro atoms. The van der Waals surface area contributed by atoms with Crippen molar-refractivity contribution in [3.8, 4) is 0 Å². The summed E-state index contributed by atoms with van der Waals surface area (Å²) < 4.78 is 0. The molecule has 0 aromatic heterocycles. The normalized spacial score (nSPS) is 13.3. The Kier molecular flexibility index (Phi) is 7.11. The molecule has 0 aliphatic carbocycles. The summed E-state index contributed by atoms with van der Waals surface area (Å²) in [7, 11) is 0. The lowest BCUT2D eigenvalue weighted by Crippen LogP contribution is -2.37. The summed E-state index contributed by atoms with van der Waals surface area (Å²) in [5.41, 5.74) is 0. The van der Waals surface area contributed by atoms with Crippen molar-refractivity contribution < 1.29 is 5.11 Å². The summed E-state index contributed by atoms with van der Waals surface area (Å²) >= 11 is 0. The van der Waals surface area contributed by atoms with Crippen molar-refractivity contribution in [2.75, 3.05) is 13.2 Å². The van der Waals surface area contributed by atoms with Gasteiger partial charge in [0.1, 0.15) is 0 Å². The number of allylic oxidation sites excluding steroid dienone is 1. The first-order chi connectivity index (χ1) is 5.72. The van der Waals surface area contributed by atoms with Crippen molar-refractivity contribution in [3.63, 3.8) is 0 Å². The van der Waals surface area contributed by atoms with Gasteiger partial charge in [0.15, 0.2) is 0 Å². The second-order valence-corrected chi connectivity index (χ2v) is 3.42. The van der Waals surface area contributed by atoms with Gasteiger partial charge in [0.05, 0.1) is 6.61 Å². The Bertz CT molecular complexity index is 112. The van der Waals surface area contributed by atoms with E-state index in [9.17, 15) is 0 Å². The minimum absolute atomic E-state index is 0.228. The predicted molar refractivity (Wildman–Crippen MR) is 53.1 cm³/mol. The Morgan fingerprint density at radius 2 is 2.17 bits per heavy atom. The van der Waals surface area contributed by atoms with Crippen LogP contribution in [0.15, 0.2) is 12.7 Å². The standard InChI is InChI=1S/C10H21NO/c1-4-5-6-7-11-10(8-12)9(2)3/h4,9-12H,1,5-8H2,2-3H3. The molecule has 0 bridgehead atoms. The molecule has 0 rings (SSSR count). The highest BCUT2D eigenvalue weighted by atomic mass is 16.3. The van der Waals surface area contributed by atoms with Gasteiger partial charge in [-0.1, -0.05) is 19.9 Å². The van der Waals surface area contributed by atoms with E-state index in [1.165, 1.54) is 0 Å². The number of unbranched alkanes of at least 4 members (excludes halogenated alkanes) is 1. The fourth-order valence-electron chi connectivity index (χ4n) is 1.04. The highest BCUT2D eigenvalue weighted by Gasteiger charge is 2.09. The van der Waals surface area contributed by atoms with Crippen molar-refractivity contribution in [2.24, 2.45) is 5.92 Å². The number of aliphatic hydroxyl groups is 1. The molecule has 2 nitrogen and oxygen atoms in total. The van der Waals surface area contributed by atoms with Gasteiger partial charge >= 0.3 is 0 Å². The van der Waals surface area contributed by atoms with E-state index >= 15 is 0 Å². The van der Waals surface area contributed by atoms with Crippen LogP contribution in [0.4, 0.5) is 0 Å². The number of hydrogen-bond donors (Lipinski definition) is 2. The summed E-state index contributed by atoms with van der Waals surface area (Å²) in [5.74, 6) is 0.499. The Labute approximate surface area is 75.7 Å². The molecular formula is C10H21NO. The number of rotatable bonds is 7. The van der Waals surface area contributed by atoms with Gasteiger partial charge in [0, 0.05) is 6.04 Å². The third-order valence-electron chi connectivity index (χ3n) is 1.99. The summed E-state index contributed by atoms with van der Waals surface area (Å²) in [6.07, 6.45) is 4.07. The van der Waals surface area contributed by atoms with Crippen molar-refractivity contribution in [2.45, 2.75) is 32.7 Å². The van der Waals surface area contributed by atoms with E-state index in [4.69, 9.17) is 5.11 Å². The molecule has 0 aliphatic rings. The van der Waals surface area contributed by atoms with E-state index in [2.05, 4.69) is 25.7 Å². The second kappa shape index (κ2) is 7.32. The van der Waals surface area contributed by atoms with Gasteiger partial charge in [0.2, 0.25) is 0 Å². The van der Waals surface area contributed by atoms with Crippen molar-refractivity contribution in [3.05, 3.63) is 12.7 Å². The van der Waals surface area contributed by atoms with Crippen LogP contribution < -0.4 is 5.32 Å². The molecule has 0 fully saturated rings. The minimum Gasteiger partial charge on any atom is -0.395 e. The molecule has 0 heterocycles. The first-order valence-electron chi connectivity index (χ1n) is 4.67. The molecule has 0 aliphatic heterocycles. The lowest BCUT2D eigenvalue weighted by Gasteiger charge is -2.19. The molecule has 72 valence electrons. The summed E-state index contributed by atoms with van der Waals surface area (Å²) in [6, 6.07) is 0.245. The molecule has 0 aromatic rings. The van der Waals surface area contributed by atoms with Crippen molar-refractivity contribution in [1.82, 2.24) is 5.32 Å². The molecule has 0 aromatic carbocycles. The van der Waals surface area contributed by atoms with Crippen LogP contribution in [0.3, 0.4) is 0 Å². The van der Waals surface area contributed by atoms with E-state index in [1.807, 2.05) is 6.08 Å². The van der Waals surface area contributed by atoms with Gasteiger partial charge in [-0.25, -0.2) is 0 Å². The van der Waals surface area contributed by atoms with Crippen molar-refractivity contribution >= 4 is 0 Å². The maximum atomic E-state index is 8.97. The van der Waals surface area contributed by atoms with Crippen LogP contribution in [0.5, 0.6) is 0 Å². The fraction of sp³-hybridized carbons (Fsp3) is 0.800. The van der Waals surface area contributed by atoms with E-state index in [0.29, 0.717) is 5.92 Å². The fourth-order valence-corrected chi connectivity index (χ4v) is 1.04. The van der Waals surface area contributed by atoms with Crippen LogP contribution in [-0.2, 0) is 0 Å². The molecule has 0 amide bonds. The van der Waals surface area contributed by atoms with E-state index in [-0.39, 0.29) is 12.6 Å². The maximum absolute atomic E-state index is 8.97. The van der Waals surface area contributed by atoms with Gasteiger partial charge in [0.25, 0.3) is 0 Å². The molecule has 1 unspecified atom stereocenters. The van der Waals surface area contributed by atoms with Crippen LogP contribution in [0.2, 0.25) is 0 Å². The summed E-state index contributed by atoms with van der Waals surface area (Å²) in [6.45, 7) is 9.08. The van der Waals surface area contributed by atoms with Crippen LogP contribution in [0.1, 0.15) is 26.7 Å². The number of nitrogens with one attached hydrogen (secondary N) is 1. The Morgan fingerprint density at radius 3 is 2.58 bits per heavy atom. The average Bonchev–Trinajstić information content (AvgIpc) is 2.04. The molecule has 1 atom stereocenters. The quantitative estimate of drug-likeness (QED) is 0.450. The zero-order valence-electron chi connectivity index (χ0n) is 8.21. The van der Waals surface area contributed by atoms with E-state index in [0.717, 1.165) is 19.4 Å². The number of hydrogen-bond acceptors (Lipinski definition) is 2. The van der Waals surface area contributed by atoms with Gasteiger partial charge in [-0.3, -0.25) is 0 Å². The third kappa shape index (κ3) is 5.33. The highest BCUT2D eigenvalue weighted by molar-refractivity contribution is 4.71. The third-order valence-corrected chi connectivity index (χ3v) is 1.99. The molecule has 0 saturated heterocycles. The van der Waals surface area contributed by atoms with Crippen LogP contribution in [-0.4, -0.2) is 24.3 Å². The molecular weight excluding hydrogens is 150 g/mol. The minimum atomic E-state index is 0.228. The lowest BCUT2D eigenvalue weighted by atomic mass is 10.1. The first-order valence-corrected chi connectivity index (χ1v) is 4.67. The molecule has 0 saturated carbocycles. The maximum Gasteiger partial charge on any atom is 0.0587 e. The largest absolute Gasteiger partial charge is 0.395 e. The summed E-state index contributed by atoms with van der Waals surface area (Å²) in [4.78, 5) is 0. The smallest absolute Gasteiger partial charge is 0.0587 e. The predicted octanol–water partition coefficient (Wildman–Crippen LogP) is 1.56. The van der Waals surface area contributed by atoms with Crippen LogP contribution in [0, 0.1) is 5.92 Å². The Hall–Kier alpha value is -0.340.